The molecule has 10 heavy (non-hydrogen) atoms. The van der Waals surface area contributed by atoms with Gasteiger partial charge in [-0.05, 0) is 6.08 Å². The number of H-pyrrole nitrogens is 1. The van der Waals surface area contributed by atoms with Gasteiger partial charge in [-0.15, -0.1) is 0 Å². The van der Waals surface area contributed by atoms with Gasteiger partial charge in [0, 0.05) is 18.3 Å². The van der Waals surface area contributed by atoms with E-state index in [0.717, 1.165) is 10.7 Å². The molecule has 2 heterocycles. The molecule has 0 spiro atoms. The first-order valence-electron chi connectivity index (χ1n) is 2.85. The fourth-order valence-corrected chi connectivity index (χ4v) is 0.883. The minimum absolute atomic E-state index is 0. The Morgan fingerprint density at radius 2 is 2.30 bits per heavy atom. The van der Waals surface area contributed by atoms with E-state index in [4.69, 9.17) is 0 Å². The quantitative estimate of drug-likeness (QED) is 0.444. The van der Waals surface area contributed by atoms with Crippen molar-refractivity contribution in [3.8, 4) is 0 Å². The van der Waals surface area contributed by atoms with Crippen LogP contribution in [0, 0.1) is 0 Å². The van der Waals surface area contributed by atoms with Crippen LogP contribution in [0.4, 0.5) is 0 Å². The van der Waals surface area contributed by atoms with E-state index in [0.29, 0.717) is 0 Å². The van der Waals surface area contributed by atoms with Crippen LogP contribution in [0.3, 0.4) is 0 Å². The Kier molecular flexibility index (Phi) is 2.06. The number of nitrogens with zero attached hydrogens (tertiary/aromatic N) is 1. The third-order valence-corrected chi connectivity index (χ3v) is 1.32. The normalized spacial score (nSPS) is 12.4. The van der Waals surface area contributed by atoms with E-state index in [-0.39, 0.29) is 17.0 Å². The molecule has 51 valence electrons. The van der Waals surface area contributed by atoms with Crippen LogP contribution >= 0.6 is 0 Å². The van der Waals surface area contributed by atoms with Crippen LogP contribution in [0.25, 0.3) is 6.08 Å². The van der Waals surface area contributed by atoms with Crippen molar-refractivity contribution in [2.45, 2.75) is 0 Å². The molecule has 1 aromatic heterocycles. The van der Waals surface area contributed by atoms with Crippen molar-refractivity contribution >= 4 is 6.08 Å². The number of halogens is 1. The van der Waals surface area contributed by atoms with Crippen LogP contribution in [0.1, 0.15) is 0 Å². The van der Waals surface area contributed by atoms with Gasteiger partial charge in [0.15, 0.2) is 0 Å². The third-order valence-electron chi connectivity index (χ3n) is 1.32. The molecular weight excluding hydrogens is 192 g/mol. The van der Waals surface area contributed by atoms with Gasteiger partial charge < -0.3 is 22.0 Å². The smallest absolute Gasteiger partial charge is 0.301 e. The minimum atomic E-state index is 0. The van der Waals surface area contributed by atoms with Gasteiger partial charge in [-0.2, -0.15) is 0 Å². The van der Waals surface area contributed by atoms with Crippen molar-refractivity contribution in [1.82, 2.24) is 9.98 Å². The largest absolute Gasteiger partial charge is 1.00 e. The van der Waals surface area contributed by atoms with E-state index >= 15 is 0 Å². The number of hydrogen-bond acceptors (Lipinski definition) is 1. The lowest BCUT2D eigenvalue weighted by molar-refractivity contribution is -0.00000188. The van der Waals surface area contributed by atoms with Crippen LogP contribution in [-0.2, 0) is 0 Å². The summed E-state index contributed by atoms with van der Waals surface area (Å²) in [6.45, 7) is 0. The molecule has 2 rings (SSSR count). The molecule has 0 unspecified atom stereocenters. The summed E-state index contributed by atoms with van der Waals surface area (Å²) < 4.78 is 0. The summed E-state index contributed by atoms with van der Waals surface area (Å²) in [4.78, 5) is 7.17. The van der Waals surface area contributed by atoms with E-state index in [1.165, 1.54) is 0 Å². The highest BCUT2D eigenvalue weighted by Crippen LogP contribution is 1.71. The molecule has 1 aliphatic heterocycles. The van der Waals surface area contributed by atoms with Gasteiger partial charge in [0.1, 0.15) is 5.35 Å². The molecule has 1 N–H and O–H groups in total. The molecule has 1 aliphatic rings. The molecule has 0 saturated carbocycles. The average molecular weight is 198 g/mol. The van der Waals surface area contributed by atoms with Gasteiger partial charge >= 0.3 is 5.36 Å². The van der Waals surface area contributed by atoms with E-state index in [2.05, 4.69) is 9.98 Å². The first-order valence-corrected chi connectivity index (χ1v) is 2.85. The number of rotatable bonds is 0. The molecule has 0 fully saturated rings. The molecule has 0 atom stereocenters. The Labute approximate surface area is 68.8 Å². The van der Waals surface area contributed by atoms with Gasteiger partial charge in [-0.25, -0.2) is 0 Å². The van der Waals surface area contributed by atoms with Crippen LogP contribution in [0.15, 0.2) is 24.5 Å². The molecule has 1 aromatic rings. The highest BCUT2D eigenvalue weighted by Gasteiger charge is 1.98. The third kappa shape index (κ3) is 1.04. The summed E-state index contributed by atoms with van der Waals surface area (Å²) >= 11 is 0. The molecule has 0 amide bonds. The number of hydrogen-bond donors (Lipinski definition) is 1. The zero-order chi connectivity index (χ0) is 6.10. The average Bonchev–Trinajstić information content (AvgIpc) is 2.33. The number of allylic oxidation sites excluding steroid dienone is 1. The second-order valence-corrected chi connectivity index (χ2v) is 1.91. The second-order valence-electron chi connectivity index (χ2n) is 1.91. The molecule has 0 saturated heterocycles. The molecule has 0 bridgehead atoms. The SMILES string of the molecule is C1=C[N+]=c2cc[nH]c2=C1.[Br-]. The fraction of sp³-hybridized carbons (Fsp3) is 0. The monoisotopic (exact) mass is 197 g/mol. The van der Waals surface area contributed by atoms with E-state index in [1.54, 1.807) is 6.20 Å². The van der Waals surface area contributed by atoms with Crippen molar-refractivity contribution in [2.75, 3.05) is 0 Å². The van der Waals surface area contributed by atoms with Crippen LogP contribution in [-0.4, -0.2) is 4.98 Å². The highest BCUT2D eigenvalue weighted by atomic mass is 79.9. The Balaban J connectivity index is 0.000000500. The summed E-state index contributed by atoms with van der Waals surface area (Å²) in [6.07, 6.45) is 7.59. The van der Waals surface area contributed by atoms with Crippen molar-refractivity contribution in [3.63, 3.8) is 0 Å². The van der Waals surface area contributed by atoms with E-state index < -0.39 is 0 Å². The number of aromatic amines is 1. The molecular formula is C7H6BrN2. The first-order chi connectivity index (χ1) is 4.47. The van der Waals surface area contributed by atoms with Crippen molar-refractivity contribution in [1.29, 1.82) is 0 Å². The molecule has 0 aromatic carbocycles. The molecule has 1 radical (unpaired) electrons. The maximum Gasteiger partial charge on any atom is 0.301 e. The highest BCUT2D eigenvalue weighted by molar-refractivity contribution is 5.35. The van der Waals surface area contributed by atoms with E-state index in [9.17, 15) is 0 Å². The molecule has 2 nitrogen and oxygen atoms in total. The topological polar surface area (TPSA) is 29.9 Å². The predicted molar refractivity (Wildman–Crippen MR) is 34.9 cm³/mol. The van der Waals surface area contributed by atoms with E-state index in [1.807, 2.05) is 24.4 Å². The Morgan fingerprint density at radius 1 is 1.40 bits per heavy atom. The number of fused-ring (bicyclic) bond motifs is 1. The first kappa shape index (κ1) is 7.28. The van der Waals surface area contributed by atoms with Crippen LogP contribution < -0.4 is 32.7 Å². The van der Waals surface area contributed by atoms with Gasteiger partial charge in [0.2, 0.25) is 6.20 Å². The van der Waals surface area contributed by atoms with Crippen LogP contribution in [0.2, 0.25) is 0 Å². The van der Waals surface area contributed by atoms with Gasteiger partial charge in [0.25, 0.3) is 0 Å². The fourth-order valence-electron chi connectivity index (χ4n) is 0.883. The maximum atomic E-state index is 4.11. The van der Waals surface area contributed by atoms with Crippen molar-refractivity contribution in [2.24, 2.45) is 0 Å². The standard InChI is InChI=1S/C7H6N2.BrH/c1-2-6-7(8-4-1)3-5-9-6;/h1-5,9H;1H/q+1;/p-1. The second kappa shape index (κ2) is 2.84. The number of aromatic nitrogens is 1. The van der Waals surface area contributed by atoms with Crippen molar-refractivity contribution < 1.29 is 17.0 Å². The minimum Gasteiger partial charge on any atom is -1.00 e. The number of nitrogens with one attached hydrogen (secondary N) is 1. The summed E-state index contributed by atoms with van der Waals surface area (Å²) in [6, 6.07) is 1.95. The summed E-state index contributed by atoms with van der Waals surface area (Å²) in [7, 11) is 0. The summed E-state index contributed by atoms with van der Waals surface area (Å²) in [5, 5.41) is 2.12. The zero-order valence-corrected chi connectivity index (χ0v) is 6.80. The molecule has 3 heteroatoms. The van der Waals surface area contributed by atoms with Gasteiger partial charge in [-0.3, -0.25) is 0 Å². The van der Waals surface area contributed by atoms with Gasteiger partial charge in [-0.1, -0.05) is 0 Å². The zero-order valence-electron chi connectivity index (χ0n) is 5.21. The summed E-state index contributed by atoms with van der Waals surface area (Å²) in [5.41, 5.74) is 0. The lowest BCUT2D eigenvalue weighted by atomic mass is 10.4. The maximum absolute atomic E-state index is 4.11. The Morgan fingerprint density at radius 3 is 3.10 bits per heavy atom. The van der Waals surface area contributed by atoms with Crippen molar-refractivity contribution in [3.05, 3.63) is 35.2 Å². The van der Waals surface area contributed by atoms with Crippen LogP contribution in [0.5, 0.6) is 0 Å². The molecule has 0 aliphatic carbocycles. The summed E-state index contributed by atoms with van der Waals surface area (Å²) in [5.74, 6) is 0. The Hall–Kier alpha value is -0.830. The lowest BCUT2D eigenvalue weighted by Gasteiger charge is -1.70. The Bertz CT molecular complexity index is 315. The lowest BCUT2D eigenvalue weighted by Crippen LogP contribution is -3.00. The van der Waals surface area contributed by atoms with Gasteiger partial charge in [0.05, 0.1) is 4.99 Å². The predicted octanol–water partition coefficient (Wildman–Crippen LogP) is -3.72.